The van der Waals surface area contributed by atoms with Crippen LogP contribution in [0.3, 0.4) is 0 Å². The molecular formula is C25H45IN6O. The lowest BCUT2D eigenvalue weighted by Crippen LogP contribution is -2.40. The zero-order valence-electron chi connectivity index (χ0n) is 20.9. The molecule has 2 saturated heterocycles. The Morgan fingerprint density at radius 3 is 2.64 bits per heavy atom. The van der Waals surface area contributed by atoms with E-state index in [0.717, 1.165) is 57.4 Å². The van der Waals surface area contributed by atoms with Gasteiger partial charge in [-0.25, -0.2) is 0 Å². The van der Waals surface area contributed by atoms with E-state index in [1.807, 2.05) is 6.07 Å². The van der Waals surface area contributed by atoms with Crippen LogP contribution < -0.4 is 15.4 Å². The summed E-state index contributed by atoms with van der Waals surface area (Å²) in [4.78, 5) is 12.6. The number of nitrogens with zero attached hydrogens (tertiary/aromatic N) is 4. The van der Waals surface area contributed by atoms with Gasteiger partial charge in [-0.2, -0.15) is 0 Å². The highest BCUT2D eigenvalue weighted by atomic mass is 127. The number of benzene rings is 1. The molecule has 1 aromatic rings. The molecule has 7 nitrogen and oxygen atoms in total. The second-order valence-corrected chi connectivity index (χ2v) is 9.03. The summed E-state index contributed by atoms with van der Waals surface area (Å²) in [6, 6.07) is 8.77. The van der Waals surface area contributed by atoms with Gasteiger partial charge in [-0.05, 0) is 90.1 Å². The summed E-state index contributed by atoms with van der Waals surface area (Å²) < 4.78 is 5.48. The predicted molar refractivity (Wildman–Crippen MR) is 149 cm³/mol. The van der Waals surface area contributed by atoms with Crippen LogP contribution in [0.1, 0.15) is 44.2 Å². The molecule has 0 bridgehead atoms. The summed E-state index contributed by atoms with van der Waals surface area (Å²) in [6.45, 7) is 12.9. The first-order valence-electron chi connectivity index (χ1n) is 12.5. The topological polar surface area (TPSA) is 55.4 Å². The lowest BCUT2D eigenvalue weighted by molar-refractivity contribution is 0.251. The van der Waals surface area contributed by atoms with E-state index >= 15 is 0 Å². The molecule has 0 amide bonds. The second kappa shape index (κ2) is 15.7. The molecule has 2 aliphatic rings. The highest BCUT2D eigenvalue weighted by Crippen LogP contribution is 2.27. The Balaban J connectivity index is 0.00000385. The zero-order valence-corrected chi connectivity index (χ0v) is 23.2. The average molecular weight is 573 g/mol. The summed E-state index contributed by atoms with van der Waals surface area (Å²) >= 11 is 0. The van der Waals surface area contributed by atoms with Crippen LogP contribution in [0.4, 0.5) is 0 Å². The van der Waals surface area contributed by atoms with E-state index in [4.69, 9.17) is 9.73 Å². The normalized spacial score (nSPS) is 19.5. The molecule has 0 radical (unpaired) electrons. The first-order valence-corrected chi connectivity index (χ1v) is 12.5. The molecule has 2 fully saturated rings. The van der Waals surface area contributed by atoms with E-state index in [0.29, 0.717) is 0 Å². The maximum absolute atomic E-state index is 5.48. The van der Waals surface area contributed by atoms with Crippen LogP contribution in [0.5, 0.6) is 5.75 Å². The minimum Gasteiger partial charge on any atom is -0.497 e. The SMILES string of the molecule is CCNC(=NCC(c1cccc(OC)c1)N1CCCC1)NCCCN1CCCN(C)CC1.I. The number of methoxy groups -OCH3 is 1. The summed E-state index contributed by atoms with van der Waals surface area (Å²) in [5, 5.41) is 7.00. The molecule has 1 unspecified atom stereocenters. The van der Waals surface area contributed by atoms with Crippen LogP contribution in [0.15, 0.2) is 29.3 Å². The lowest BCUT2D eigenvalue weighted by atomic mass is 10.1. The van der Waals surface area contributed by atoms with Crippen molar-refractivity contribution in [3.05, 3.63) is 29.8 Å². The number of likely N-dealkylation sites (tertiary alicyclic amines) is 1. The Hall–Kier alpha value is -1.10. The number of rotatable bonds is 10. The van der Waals surface area contributed by atoms with E-state index in [9.17, 15) is 0 Å². The summed E-state index contributed by atoms with van der Waals surface area (Å²) in [7, 11) is 3.96. The van der Waals surface area contributed by atoms with E-state index < -0.39 is 0 Å². The molecule has 188 valence electrons. The number of likely N-dealkylation sites (N-methyl/N-ethyl adjacent to an activating group) is 1. The third kappa shape index (κ3) is 9.58. The van der Waals surface area contributed by atoms with Gasteiger partial charge in [-0.3, -0.25) is 9.89 Å². The van der Waals surface area contributed by atoms with Crippen molar-refractivity contribution in [3.63, 3.8) is 0 Å². The van der Waals surface area contributed by atoms with Crippen LogP contribution in [0.2, 0.25) is 0 Å². The van der Waals surface area contributed by atoms with Gasteiger partial charge in [0.1, 0.15) is 5.75 Å². The Labute approximate surface area is 218 Å². The van der Waals surface area contributed by atoms with Crippen LogP contribution in [-0.2, 0) is 0 Å². The standard InChI is InChI=1S/C25H44N6O.HI/c1-4-26-25(27-12-8-14-30-15-9-13-29(2)18-19-30)28-21-24(31-16-5-6-17-31)22-10-7-11-23(20-22)32-3;/h7,10-11,20,24H,4-6,8-9,12-19,21H2,1-3H3,(H2,26,27,28);1H. The third-order valence-electron chi connectivity index (χ3n) is 6.58. The molecule has 2 heterocycles. The number of ether oxygens (including phenoxy) is 1. The van der Waals surface area contributed by atoms with Gasteiger partial charge >= 0.3 is 0 Å². The molecule has 0 aromatic heterocycles. The van der Waals surface area contributed by atoms with Gasteiger partial charge in [0.05, 0.1) is 19.7 Å². The molecule has 33 heavy (non-hydrogen) atoms. The summed E-state index contributed by atoms with van der Waals surface area (Å²) in [5.74, 6) is 1.84. The van der Waals surface area contributed by atoms with Crippen LogP contribution in [-0.4, -0.2) is 100 Å². The number of hydrogen-bond acceptors (Lipinski definition) is 5. The molecule has 1 aromatic carbocycles. The van der Waals surface area contributed by atoms with Crippen LogP contribution >= 0.6 is 24.0 Å². The van der Waals surface area contributed by atoms with E-state index in [2.05, 4.69) is 57.5 Å². The molecular weight excluding hydrogens is 527 g/mol. The van der Waals surface area contributed by atoms with E-state index in [1.54, 1.807) is 7.11 Å². The molecule has 0 saturated carbocycles. The first-order chi connectivity index (χ1) is 15.7. The first kappa shape index (κ1) is 28.1. The number of guanidine groups is 1. The maximum atomic E-state index is 5.48. The smallest absolute Gasteiger partial charge is 0.191 e. The molecule has 0 spiro atoms. The number of hydrogen-bond donors (Lipinski definition) is 2. The van der Waals surface area contributed by atoms with Crippen molar-refractivity contribution in [2.24, 2.45) is 4.99 Å². The summed E-state index contributed by atoms with van der Waals surface area (Å²) in [5.41, 5.74) is 1.29. The molecule has 2 aliphatic heterocycles. The number of aliphatic imine (C=N–C) groups is 1. The van der Waals surface area contributed by atoms with Crippen molar-refractivity contribution < 1.29 is 4.74 Å². The molecule has 3 rings (SSSR count). The monoisotopic (exact) mass is 572 g/mol. The van der Waals surface area contributed by atoms with Gasteiger partial charge in [0.25, 0.3) is 0 Å². The highest BCUT2D eigenvalue weighted by molar-refractivity contribution is 14.0. The summed E-state index contributed by atoms with van der Waals surface area (Å²) in [6.07, 6.45) is 4.96. The van der Waals surface area contributed by atoms with Crippen molar-refractivity contribution in [2.45, 2.75) is 38.6 Å². The average Bonchev–Trinajstić information content (AvgIpc) is 3.26. The zero-order chi connectivity index (χ0) is 22.6. The van der Waals surface area contributed by atoms with Crippen molar-refractivity contribution in [1.82, 2.24) is 25.3 Å². The van der Waals surface area contributed by atoms with Crippen molar-refractivity contribution in [1.29, 1.82) is 0 Å². The molecule has 8 heteroatoms. The maximum Gasteiger partial charge on any atom is 0.191 e. The van der Waals surface area contributed by atoms with Crippen LogP contribution in [0.25, 0.3) is 0 Å². The van der Waals surface area contributed by atoms with E-state index in [-0.39, 0.29) is 30.0 Å². The van der Waals surface area contributed by atoms with Gasteiger partial charge in [-0.15, -0.1) is 24.0 Å². The Morgan fingerprint density at radius 2 is 1.88 bits per heavy atom. The van der Waals surface area contributed by atoms with Crippen LogP contribution in [0, 0.1) is 0 Å². The molecule has 1 atom stereocenters. The quantitative estimate of drug-likeness (QED) is 0.195. The van der Waals surface area contributed by atoms with Gasteiger partial charge in [0.2, 0.25) is 0 Å². The fourth-order valence-electron chi connectivity index (χ4n) is 4.69. The van der Waals surface area contributed by atoms with Crippen molar-refractivity contribution in [2.75, 3.05) is 79.6 Å². The van der Waals surface area contributed by atoms with Gasteiger partial charge < -0.3 is 25.2 Å². The lowest BCUT2D eigenvalue weighted by Gasteiger charge is -2.27. The predicted octanol–water partition coefficient (Wildman–Crippen LogP) is 3.03. The number of nitrogens with one attached hydrogen (secondary N) is 2. The Kier molecular flexibility index (Phi) is 13.4. The fraction of sp³-hybridized carbons (Fsp3) is 0.720. The molecule has 0 aliphatic carbocycles. The Bertz CT molecular complexity index is 697. The minimum absolute atomic E-state index is 0. The number of halogens is 1. The molecule has 2 N–H and O–H groups in total. The van der Waals surface area contributed by atoms with Crippen molar-refractivity contribution >= 4 is 29.9 Å². The van der Waals surface area contributed by atoms with Crippen molar-refractivity contribution in [3.8, 4) is 5.75 Å². The minimum atomic E-state index is 0. The van der Waals surface area contributed by atoms with E-state index in [1.165, 1.54) is 51.0 Å². The third-order valence-corrected chi connectivity index (χ3v) is 6.58. The fourth-order valence-corrected chi connectivity index (χ4v) is 4.69. The van der Waals surface area contributed by atoms with Gasteiger partial charge in [0.15, 0.2) is 5.96 Å². The Morgan fingerprint density at radius 1 is 1.06 bits per heavy atom. The van der Waals surface area contributed by atoms with Gasteiger partial charge in [-0.1, -0.05) is 12.1 Å². The highest BCUT2D eigenvalue weighted by Gasteiger charge is 2.23. The van der Waals surface area contributed by atoms with Gasteiger partial charge in [0, 0.05) is 26.2 Å². The second-order valence-electron chi connectivity index (χ2n) is 9.03. The largest absolute Gasteiger partial charge is 0.497 e.